The fourth-order valence-corrected chi connectivity index (χ4v) is 2.78. The van der Waals surface area contributed by atoms with Gasteiger partial charge in [0.25, 0.3) is 5.56 Å². The highest BCUT2D eigenvalue weighted by atomic mass is 16.1. The van der Waals surface area contributed by atoms with Crippen molar-refractivity contribution >= 4 is 10.9 Å². The smallest absolute Gasteiger partial charge is 0.278 e. The van der Waals surface area contributed by atoms with Crippen molar-refractivity contribution in [2.45, 2.75) is 19.5 Å². The Bertz CT molecular complexity index is 653. The van der Waals surface area contributed by atoms with E-state index in [1.54, 1.807) is 12.1 Å². The molecule has 0 aliphatic carbocycles. The number of fused-ring (bicyclic) bond motifs is 1. The number of benzene rings is 1. The highest BCUT2D eigenvalue weighted by Gasteiger charge is 2.19. The first-order valence-corrected chi connectivity index (χ1v) is 7.03. The van der Waals surface area contributed by atoms with Crippen LogP contribution in [0.4, 0.5) is 0 Å². The third-order valence-corrected chi connectivity index (χ3v) is 3.90. The number of rotatable bonds is 3. The van der Waals surface area contributed by atoms with Crippen molar-refractivity contribution in [2.75, 3.05) is 19.6 Å². The fourth-order valence-electron chi connectivity index (χ4n) is 2.78. The van der Waals surface area contributed by atoms with E-state index in [1.165, 1.54) is 11.1 Å². The number of nitrogens with zero attached hydrogens (tertiary/aromatic N) is 4. The molecular weight excluding hydrogens is 254 g/mol. The van der Waals surface area contributed by atoms with Crippen molar-refractivity contribution in [2.24, 2.45) is 11.7 Å². The zero-order valence-electron chi connectivity index (χ0n) is 11.4. The number of likely N-dealkylation sites (tertiary alicyclic amines) is 1. The highest BCUT2D eigenvalue weighted by molar-refractivity contribution is 5.76. The van der Waals surface area contributed by atoms with E-state index in [0.29, 0.717) is 30.0 Å². The van der Waals surface area contributed by atoms with E-state index in [9.17, 15) is 4.79 Å². The third-order valence-electron chi connectivity index (χ3n) is 3.90. The van der Waals surface area contributed by atoms with Crippen LogP contribution in [0.1, 0.15) is 12.8 Å². The molecule has 6 nitrogen and oxygen atoms in total. The van der Waals surface area contributed by atoms with Crippen molar-refractivity contribution in [3.8, 4) is 0 Å². The first-order valence-electron chi connectivity index (χ1n) is 7.03. The molecule has 0 radical (unpaired) electrons. The molecule has 2 aromatic rings. The summed E-state index contributed by atoms with van der Waals surface area (Å²) in [5.41, 5.74) is 6.31. The molecule has 2 N–H and O–H groups in total. The number of hydrogen-bond donors (Lipinski definition) is 1. The van der Waals surface area contributed by atoms with Gasteiger partial charge in [-0.1, -0.05) is 17.3 Å². The van der Waals surface area contributed by atoms with Gasteiger partial charge in [0.2, 0.25) is 0 Å². The molecule has 20 heavy (non-hydrogen) atoms. The highest BCUT2D eigenvalue weighted by Crippen LogP contribution is 2.15. The van der Waals surface area contributed by atoms with Crippen molar-refractivity contribution in [3.05, 3.63) is 34.6 Å². The molecule has 3 rings (SSSR count). The molecule has 1 aliphatic heterocycles. The lowest BCUT2D eigenvalue weighted by Crippen LogP contribution is -2.42. The van der Waals surface area contributed by atoms with Crippen LogP contribution in [0.25, 0.3) is 10.9 Å². The second kappa shape index (κ2) is 5.68. The predicted molar refractivity (Wildman–Crippen MR) is 77.1 cm³/mol. The van der Waals surface area contributed by atoms with Crippen molar-refractivity contribution < 1.29 is 0 Å². The van der Waals surface area contributed by atoms with Crippen LogP contribution < -0.4 is 11.3 Å². The molecule has 6 heteroatoms. The van der Waals surface area contributed by atoms with Gasteiger partial charge in [0.05, 0.1) is 12.1 Å². The first-order chi connectivity index (χ1) is 9.78. The van der Waals surface area contributed by atoms with E-state index < -0.39 is 0 Å². The van der Waals surface area contributed by atoms with Gasteiger partial charge in [-0.25, -0.2) is 0 Å². The first kappa shape index (κ1) is 13.2. The van der Waals surface area contributed by atoms with E-state index >= 15 is 0 Å². The van der Waals surface area contributed by atoms with Crippen LogP contribution in [0.3, 0.4) is 0 Å². The molecule has 0 bridgehead atoms. The molecule has 1 aliphatic rings. The summed E-state index contributed by atoms with van der Waals surface area (Å²) in [4.78, 5) is 14.6. The minimum absolute atomic E-state index is 0.0783. The van der Waals surface area contributed by atoms with Crippen molar-refractivity contribution in [1.29, 1.82) is 0 Å². The Morgan fingerprint density at radius 3 is 3.05 bits per heavy atom. The maximum absolute atomic E-state index is 12.4. The molecular formula is C14H19N5O. The van der Waals surface area contributed by atoms with Gasteiger partial charge in [0.1, 0.15) is 5.52 Å². The molecule has 0 saturated carbocycles. The average Bonchev–Trinajstić information content (AvgIpc) is 2.50. The largest absolute Gasteiger partial charge is 0.330 e. The summed E-state index contributed by atoms with van der Waals surface area (Å²) in [5.74, 6) is 0.521. The van der Waals surface area contributed by atoms with Gasteiger partial charge in [0.15, 0.2) is 0 Å². The minimum Gasteiger partial charge on any atom is -0.330 e. The Balaban J connectivity index is 1.84. The molecule has 1 fully saturated rings. The third kappa shape index (κ3) is 2.57. The van der Waals surface area contributed by atoms with Crippen LogP contribution in [0.2, 0.25) is 0 Å². The molecule has 1 unspecified atom stereocenters. The second-order valence-corrected chi connectivity index (χ2v) is 5.37. The van der Waals surface area contributed by atoms with Crippen LogP contribution in [-0.2, 0) is 6.67 Å². The van der Waals surface area contributed by atoms with E-state index in [4.69, 9.17) is 5.73 Å². The zero-order valence-corrected chi connectivity index (χ0v) is 11.4. The Kier molecular flexibility index (Phi) is 3.75. The van der Waals surface area contributed by atoms with Crippen LogP contribution in [-0.4, -0.2) is 39.5 Å². The summed E-state index contributed by atoms with van der Waals surface area (Å²) in [6.07, 6.45) is 2.29. The number of piperidine rings is 1. The molecule has 106 valence electrons. The maximum atomic E-state index is 12.4. The number of aromatic nitrogens is 3. The van der Waals surface area contributed by atoms with Crippen LogP contribution in [0.5, 0.6) is 0 Å². The monoisotopic (exact) mass is 273 g/mol. The fraction of sp³-hybridized carbons (Fsp3) is 0.500. The van der Waals surface area contributed by atoms with Gasteiger partial charge < -0.3 is 5.73 Å². The Morgan fingerprint density at radius 1 is 1.35 bits per heavy atom. The van der Waals surface area contributed by atoms with Crippen LogP contribution in [0.15, 0.2) is 29.1 Å². The quantitative estimate of drug-likeness (QED) is 0.877. The Morgan fingerprint density at radius 2 is 2.20 bits per heavy atom. The molecule has 0 amide bonds. The Hall–Kier alpha value is -1.79. The lowest BCUT2D eigenvalue weighted by Gasteiger charge is -2.31. The maximum Gasteiger partial charge on any atom is 0.278 e. The van der Waals surface area contributed by atoms with Crippen molar-refractivity contribution in [3.63, 3.8) is 0 Å². The molecule has 2 heterocycles. The summed E-state index contributed by atoms with van der Waals surface area (Å²) in [6, 6.07) is 7.31. The van der Waals surface area contributed by atoms with Gasteiger partial charge in [-0.15, -0.1) is 5.10 Å². The molecule has 1 aromatic heterocycles. The van der Waals surface area contributed by atoms with Crippen LogP contribution in [0, 0.1) is 5.92 Å². The molecule has 1 saturated heterocycles. The summed E-state index contributed by atoms with van der Waals surface area (Å²) in [6.45, 7) is 3.11. The molecule has 1 atom stereocenters. The van der Waals surface area contributed by atoms with Crippen molar-refractivity contribution in [1.82, 2.24) is 19.9 Å². The van der Waals surface area contributed by atoms with Gasteiger partial charge in [0, 0.05) is 6.54 Å². The van der Waals surface area contributed by atoms with Gasteiger partial charge in [-0.2, -0.15) is 4.68 Å². The lowest BCUT2D eigenvalue weighted by molar-refractivity contribution is 0.130. The summed E-state index contributed by atoms with van der Waals surface area (Å²) in [7, 11) is 0. The van der Waals surface area contributed by atoms with E-state index in [1.807, 2.05) is 12.1 Å². The number of hydrogen-bond acceptors (Lipinski definition) is 5. The normalized spacial score (nSPS) is 20.4. The average molecular weight is 273 g/mol. The van der Waals surface area contributed by atoms with Crippen LogP contribution >= 0.6 is 0 Å². The SMILES string of the molecule is NCC1CCCN(Cn2nnc3ccccc3c2=O)C1. The molecule has 1 aromatic carbocycles. The van der Waals surface area contributed by atoms with E-state index in [2.05, 4.69) is 15.2 Å². The lowest BCUT2D eigenvalue weighted by atomic mass is 9.99. The standard InChI is InChI=1S/C14H19N5O/c15-8-11-4-3-7-18(9-11)10-19-14(20)12-5-1-2-6-13(12)16-17-19/h1-2,5-6,11H,3-4,7-10,15H2. The second-order valence-electron chi connectivity index (χ2n) is 5.37. The summed E-state index contributed by atoms with van der Waals surface area (Å²) in [5, 5.41) is 8.76. The summed E-state index contributed by atoms with van der Waals surface area (Å²) >= 11 is 0. The molecule has 0 spiro atoms. The topological polar surface area (TPSA) is 77.0 Å². The Labute approximate surface area is 117 Å². The minimum atomic E-state index is -0.0783. The van der Waals surface area contributed by atoms with E-state index in [0.717, 1.165) is 19.5 Å². The van der Waals surface area contributed by atoms with E-state index in [-0.39, 0.29) is 5.56 Å². The van der Waals surface area contributed by atoms with Gasteiger partial charge in [-0.05, 0) is 44.0 Å². The summed E-state index contributed by atoms with van der Waals surface area (Å²) < 4.78 is 1.45. The van der Waals surface area contributed by atoms with Gasteiger partial charge >= 0.3 is 0 Å². The predicted octanol–water partition coefficient (Wildman–Crippen LogP) is 0.420. The van der Waals surface area contributed by atoms with Gasteiger partial charge in [-0.3, -0.25) is 9.69 Å². The zero-order chi connectivity index (χ0) is 13.9. The number of nitrogens with two attached hydrogens (primary N) is 1.